The maximum Gasteiger partial charge on any atom is 0.244 e. The van der Waals surface area contributed by atoms with Crippen LogP contribution in [0.1, 0.15) is 11.4 Å². The molecule has 0 bridgehead atoms. The fourth-order valence-electron chi connectivity index (χ4n) is 3.20. The Labute approximate surface area is 181 Å². The van der Waals surface area contributed by atoms with Crippen molar-refractivity contribution in [3.8, 4) is 0 Å². The first-order chi connectivity index (χ1) is 14.6. The second-order valence-electron chi connectivity index (χ2n) is 7.02. The Morgan fingerprint density at radius 2 is 2.00 bits per heavy atom. The van der Waals surface area contributed by atoms with E-state index in [1.54, 1.807) is 23.7 Å². The van der Waals surface area contributed by atoms with Crippen LogP contribution in [0.4, 0.5) is 14.7 Å². The molecule has 1 saturated heterocycles. The zero-order chi connectivity index (χ0) is 20.9. The van der Waals surface area contributed by atoms with Crippen LogP contribution >= 0.6 is 22.9 Å². The van der Waals surface area contributed by atoms with Gasteiger partial charge in [-0.3, -0.25) is 9.69 Å². The van der Waals surface area contributed by atoms with Gasteiger partial charge in [-0.25, -0.2) is 14.4 Å². The first-order valence-corrected chi connectivity index (χ1v) is 11.2. The minimum absolute atomic E-state index is 0.220. The van der Waals surface area contributed by atoms with Gasteiger partial charge >= 0.3 is 0 Å². The van der Waals surface area contributed by atoms with Crippen LogP contribution in [0.2, 0.25) is 0 Å². The number of rotatable bonds is 7. The third-order valence-electron chi connectivity index (χ3n) is 4.83. The number of nitrogens with two attached hydrogens (primary N) is 1. The summed E-state index contributed by atoms with van der Waals surface area (Å²) in [6, 6.07) is 5.79. The normalized spacial score (nSPS) is 15.9. The van der Waals surface area contributed by atoms with E-state index in [4.69, 9.17) is 5.73 Å². The molecule has 0 spiro atoms. The first-order valence-electron chi connectivity index (χ1n) is 9.57. The zero-order valence-corrected chi connectivity index (χ0v) is 17.8. The number of anilines is 2. The van der Waals surface area contributed by atoms with Crippen molar-refractivity contribution >= 4 is 39.0 Å². The van der Waals surface area contributed by atoms with Gasteiger partial charge in [0.1, 0.15) is 11.6 Å². The molecule has 11 heteroatoms. The molecule has 4 rings (SSSR count). The second kappa shape index (κ2) is 9.56. The molecule has 1 atom stereocenters. The Hall–Kier alpha value is -2.47. The van der Waals surface area contributed by atoms with E-state index < -0.39 is 6.04 Å². The van der Waals surface area contributed by atoms with Crippen molar-refractivity contribution < 1.29 is 9.18 Å². The van der Waals surface area contributed by atoms with Crippen molar-refractivity contribution in [3.05, 3.63) is 53.0 Å². The van der Waals surface area contributed by atoms with Crippen molar-refractivity contribution in [2.24, 2.45) is 5.73 Å². The number of halogens is 1. The maximum absolute atomic E-state index is 13.0. The molecule has 0 radical (unpaired) electrons. The summed E-state index contributed by atoms with van der Waals surface area (Å²) in [5.41, 5.74) is 7.04. The minimum atomic E-state index is -0.607. The number of carbonyl (C=O) groups is 1. The highest BCUT2D eigenvalue weighted by Crippen LogP contribution is 2.21. The number of nitrogens with zero attached hydrogens (tertiary/aromatic N) is 5. The molecule has 1 unspecified atom stereocenters. The molecular weight excluding hydrogens is 425 g/mol. The van der Waals surface area contributed by atoms with Crippen LogP contribution in [0.5, 0.6) is 0 Å². The van der Waals surface area contributed by atoms with Crippen LogP contribution in [0.3, 0.4) is 0 Å². The average molecular weight is 448 g/mol. The lowest BCUT2D eigenvalue weighted by molar-refractivity contribution is -0.117. The van der Waals surface area contributed by atoms with E-state index in [2.05, 4.69) is 29.5 Å². The summed E-state index contributed by atoms with van der Waals surface area (Å²) >= 11 is 2.75. The van der Waals surface area contributed by atoms with E-state index in [1.165, 1.54) is 35.0 Å². The standard InChI is InChI=1S/C19H22FN7OS2/c20-14-3-1-13(2-4-14)11-16-23-19(30-25-16)27-8-6-26(7-9-27)12-15(21)17(28)24-18-22-5-10-29-18/h1-5,10,15H,6-9,11-12,21H2,(H,22,24,28). The molecule has 3 heterocycles. The lowest BCUT2D eigenvalue weighted by atomic mass is 10.1. The number of amides is 1. The van der Waals surface area contributed by atoms with Gasteiger partial charge in [-0.15, -0.1) is 11.3 Å². The smallest absolute Gasteiger partial charge is 0.244 e. The van der Waals surface area contributed by atoms with E-state index in [1.807, 2.05) is 0 Å². The number of carbonyl (C=O) groups excluding carboxylic acids is 1. The Morgan fingerprint density at radius 1 is 1.23 bits per heavy atom. The molecule has 1 amide bonds. The molecule has 3 N–H and O–H groups in total. The highest BCUT2D eigenvalue weighted by atomic mass is 32.1. The fourth-order valence-corrected chi connectivity index (χ4v) is 4.46. The Morgan fingerprint density at radius 3 is 2.70 bits per heavy atom. The van der Waals surface area contributed by atoms with E-state index in [0.29, 0.717) is 18.1 Å². The van der Waals surface area contributed by atoms with E-state index in [9.17, 15) is 9.18 Å². The molecule has 2 aromatic heterocycles. The zero-order valence-electron chi connectivity index (χ0n) is 16.2. The van der Waals surface area contributed by atoms with Crippen LogP contribution in [0.15, 0.2) is 35.8 Å². The van der Waals surface area contributed by atoms with Crippen molar-refractivity contribution in [2.75, 3.05) is 42.9 Å². The SMILES string of the molecule is NC(CN1CCN(c2nc(Cc3ccc(F)cc3)ns2)CC1)C(=O)Nc1nccs1. The van der Waals surface area contributed by atoms with Gasteiger partial charge in [-0.2, -0.15) is 4.37 Å². The third-order valence-corrected chi connectivity index (χ3v) is 6.33. The average Bonchev–Trinajstić information content (AvgIpc) is 3.42. The van der Waals surface area contributed by atoms with Crippen molar-refractivity contribution in [2.45, 2.75) is 12.5 Å². The summed E-state index contributed by atoms with van der Waals surface area (Å²) in [6.07, 6.45) is 2.23. The van der Waals surface area contributed by atoms with Crippen molar-refractivity contribution in [1.29, 1.82) is 0 Å². The fraction of sp³-hybridized carbons (Fsp3) is 0.368. The number of nitrogens with one attached hydrogen (secondary N) is 1. The molecule has 3 aromatic rings. The van der Waals surface area contributed by atoms with Gasteiger partial charge in [-0.05, 0) is 17.7 Å². The molecular formula is C19H22FN7OS2. The minimum Gasteiger partial charge on any atom is -0.344 e. The van der Waals surface area contributed by atoms with Gasteiger partial charge in [0, 0.05) is 62.3 Å². The molecule has 0 saturated carbocycles. The maximum atomic E-state index is 13.0. The Balaban J connectivity index is 1.25. The number of hydrogen-bond donors (Lipinski definition) is 2. The molecule has 30 heavy (non-hydrogen) atoms. The number of benzene rings is 1. The summed E-state index contributed by atoms with van der Waals surface area (Å²) in [5.74, 6) is 0.274. The van der Waals surface area contributed by atoms with Gasteiger partial charge in [0.05, 0.1) is 6.04 Å². The predicted octanol–water partition coefficient (Wildman–Crippen LogP) is 1.81. The van der Waals surface area contributed by atoms with Gasteiger partial charge in [0.25, 0.3) is 0 Å². The Bertz CT molecular complexity index is 956. The predicted molar refractivity (Wildman–Crippen MR) is 116 cm³/mol. The number of hydrogen-bond acceptors (Lipinski definition) is 9. The topological polar surface area (TPSA) is 100 Å². The quantitative estimate of drug-likeness (QED) is 0.570. The molecule has 1 aliphatic rings. The van der Waals surface area contributed by atoms with E-state index in [-0.39, 0.29) is 11.7 Å². The summed E-state index contributed by atoms with van der Waals surface area (Å²) in [7, 11) is 0. The highest BCUT2D eigenvalue weighted by Gasteiger charge is 2.24. The highest BCUT2D eigenvalue weighted by molar-refractivity contribution is 7.13. The molecule has 1 aliphatic heterocycles. The van der Waals surface area contributed by atoms with Crippen LogP contribution in [0, 0.1) is 5.82 Å². The van der Waals surface area contributed by atoms with Gasteiger partial charge < -0.3 is 16.0 Å². The molecule has 158 valence electrons. The number of aromatic nitrogens is 3. The van der Waals surface area contributed by atoms with Crippen molar-refractivity contribution in [1.82, 2.24) is 19.2 Å². The first kappa shape index (κ1) is 20.8. The number of thiazole rings is 1. The third kappa shape index (κ3) is 5.36. The van der Waals surface area contributed by atoms with Crippen LogP contribution < -0.4 is 16.0 Å². The van der Waals surface area contributed by atoms with Crippen molar-refractivity contribution in [3.63, 3.8) is 0 Å². The van der Waals surface area contributed by atoms with Gasteiger partial charge in [-0.1, -0.05) is 12.1 Å². The largest absolute Gasteiger partial charge is 0.344 e. The van der Waals surface area contributed by atoms with E-state index >= 15 is 0 Å². The second-order valence-corrected chi connectivity index (χ2v) is 8.64. The summed E-state index contributed by atoms with van der Waals surface area (Å²) in [5, 5.41) is 5.99. The summed E-state index contributed by atoms with van der Waals surface area (Å²) in [4.78, 5) is 25.3. The van der Waals surface area contributed by atoms with Gasteiger partial charge in [0.15, 0.2) is 5.13 Å². The monoisotopic (exact) mass is 447 g/mol. The van der Waals surface area contributed by atoms with Gasteiger partial charge in [0.2, 0.25) is 11.0 Å². The number of piperazine rings is 1. The molecule has 0 aliphatic carbocycles. The molecule has 8 nitrogen and oxygen atoms in total. The van der Waals surface area contributed by atoms with E-state index in [0.717, 1.165) is 42.7 Å². The lowest BCUT2D eigenvalue weighted by Crippen LogP contribution is -2.52. The summed E-state index contributed by atoms with van der Waals surface area (Å²) in [6.45, 7) is 3.69. The van der Waals surface area contributed by atoms with Crippen LogP contribution in [-0.2, 0) is 11.2 Å². The summed E-state index contributed by atoms with van der Waals surface area (Å²) < 4.78 is 17.5. The lowest BCUT2D eigenvalue weighted by Gasteiger charge is -2.35. The van der Waals surface area contributed by atoms with Crippen LogP contribution in [-0.4, -0.2) is 63.9 Å². The molecule has 1 fully saturated rings. The molecule has 1 aromatic carbocycles. The Kier molecular flexibility index (Phi) is 6.62. The van der Waals surface area contributed by atoms with Crippen LogP contribution in [0.25, 0.3) is 0 Å².